The molecule has 0 unspecified atom stereocenters. The molecule has 0 heterocycles. The highest BCUT2D eigenvalue weighted by Gasteiger charge is 2.27. The molecule has 188 valence electrons. The molecule has 3 N–H and O–H groups in total. The lowest BCUT2D eigenvalue weighted by molar-refractivity contribution is -0.127. The van der Waals surface area contributed by atoms with Crippen LogP contribution in [-0.4, -0.2) is 24.3 Å². The molecule has 0 aromatic heterocycles. The van der Waals surface area contributed by atoms with E-state index in [1.165, 1.54) is 5.39 Å². The number of benzene rings is 4. The second kappa shape index (κ2) is 11.2. The van der Waals surface area contributed by atoms with Crippen molar-refractivity contribution in [1.82, 2.24) is 16.2 Å². The lowest BCUT2D eigenvalue weighted by Gasteiger charge is -2.28. The predicted octanol–water partition coefficient (Wildman–Crippen LogP) is 4.92. The first kappa shape index (κ1) is 24.5. The van der Waals surface area contributed by atoms with Crippen molar-refractivity contribution < 1.29 is 14.4 Å². The Labute approximate surface area is 216 Å². The van der Waals surface area contributed by atoms with Gasteiger partial charge in [-0.3, -0.25) is 25.2 Å². The minimum atomic E-state index is -0.326. The maximum Gasteiger partial charge on any atom is 0.270 e. The van der Waals surface area contributed by atoms with Crippen LogP contribution in [0.25, 0.3) is 21.5 Å². The summed E-state index contributed by atoms with van der Waals surface area (Å²) in [5, 5.41) is 7.20. The van der Waals surface area contributed by atoms with Crippen molar-refractivity contribution in [1.29, 1.82) is 0 Å². The van der Waals surface area contributed by atoms with Gasteiger partial charge in [-0.1, -0.05) is 78.9 Å². The summed E-state index contributed by atoms with van der Waals surface area (Å²) in [6.07, 6.45) is 3.57. The van der Waals surface area contributed by atoms with Crippen LogP contribution in [0.4, 0.5) is 0 Å². The van der Waals surface area contributed by atoms with E-state index >= 15 is 0 Å². The highest BCUT2D eigenvalue weighted by Crippen LogP contribution is 2.28. The van der Waals surface area contributed by atoms with Gasteiger partial charge in [-0.25, -0.2) is 0 Å². The highest BCUT2D eigenvalue weighted by atomic mass is 16.2. The van der Waals surface area contributed by atoms with Crippen LogP contribution in [0.1, 0.15) is 41.6 Å². The monoisotopic (exact) mass is 493 g/mol. The van der Waals surface area contributed by atoms with Crippen molar-refractivity contribution >= 4 is 39.3 Å². The maximum absolute atomic E-state index is 12.7. The molecule has 1 saturated carbocycles. The van der Waals surface area contributed by atoms with Crippen LogP contribution in [0, 0.1) is 11.8 Å². The highest BCUT2D eigenvalue weighted by molar-refractivity contribution is 6.07. The number of rotatable bonds is 6. The molecule has 4 aromatic carbocycles. The van der Waals surface area contributed by atoms with E-state index in [0.29, 0.717) is 24.4 Å². The fourth-order valence-electron chi connectivity index (χ4n) is 5.19. The van der Waals surface area contributed by atoms with Gasteiger partial charge in [0.25, 0.3) is 5.91 Å². The van der Waals surface area contributed by atoms with Crippen LogP contribution in [0.15, 0.2) is 84.9 Å². The Kier molecular flexibility index (Phi) is 7.45. The number of hydrazine groups is 1. The Hall–Kier alpha value is -4.19. The molecule has 0 spiro atoms. The van der Waals surface area contributed by atoms with Crippen molar-refractivity contribution in [2.24, 2.45) is 11.8 Å². The number of carbonyl (C=O) groups is 3. The fourth-order valence-corrected chi connectivity index (χ4v) is 5.19. The molecule has 0 radical (unpaired) electrons. The van der Waals surface area contributed by atoms with Crippen LogP contribution in [-0.2, 0) is 16.0 Å². The average molecular weight is 494 g/mol. The molecule has 3 amide bonds. The maximum atomic E-state index is 12.7. The third-order valence-corrected chi connectivity index (χ3v) is 7.32. The Morgan fingerprint density at radius 1 is 0.703 bits per heavy atom. The van der Waals surface area contributed by atoms with E-state index in [-0.39, 0.29) is 23.6 Å². The molecular weight excluding hydrogens is 462 g/mol. The van der Waals surface area contributed by atoms with Gasteiger partial charge in [0.15, 0.2) is 0 Å². The van der Waals surface area contributed by atoms with Crippen LogP contribution < -0.4 is 16.2 Å². The Morgan fingerprint density at radius 3 is 2.22 bits per heavy atom. The number of fused-ring (bicyclic) bond motifs is 2. The first-order valence-electron chi connectivity index (χ1n) is 12.9. The topological polar surface area (TPSA) is 87.3 Å². The number of amides is 3. The number of nitrogens with one attached hydrogen (secondary N) is 3. The minimum absolute atomic E-state index is 0.0197. The van der Waals surface area contributed by atoms with Gasteiger partial charge in [-0.2, -0.15) is 0 Å². The van der Waals surface area contributed by atoms with Crippen molar-refractivity contribution in [2.75, 3.05) is 6.54 Å². The summed E-state index contributed by atoms with van der Waals surface area (Å²) >= 11 is 0. The Balaban J connectivity index is 1.04. The van der Waals surface area contributed by atoms with Gasteiger partial charge < -0.3 is 5.32 Å². The number of hydrogen-bond donors (Lipinski definition) is 3. The molecule has 37 heavy (non-hydrogen) atoms. The molecule has 6 heteroatoms. The SMILES string of the molecule is O=C(Cc1ccc2ccccc2c1)NCC1CCC(C(=O)NNC(=O)c2cccc3ccccc23)CC1. The van der Waals surface area contributed by atoms with Gasteiger partial charge in [-0.15, -0.1) is 0 Å². The van der Waals surface area contributed by atoms with E-state index in [0.717, 1.165) is 47.4 Å². The first-order chi connectivity index (χ1) is 18.1. The van der Waals surface area contributed by atoms with E-state index in [2.05, 4.69) is 40.4 Å². The third-order valence-electron chi connectivity index (χ3n) is 7.32. The smallest absolute Gasteiger partial charge is 0.270 e. The van der Waals surface area contributed by atoms with Gasteiger partial charge >= 0.3 is 0 Å². The van der Waals surface area contributed by atoms with Crippen LogP contribution in [0.2, 0.25) is 0 Å². The van der Waals surface area contributed by atoms with E-state index < -0.39 is 0 Å². The molecular formula is C31H31N3O3. The van der Waals surface area contributed by atoms with Crippen molar-refractivity contribution in [3.8, 4) is 0 Å². The number of hydrogen-bond acceptors (Lipinski definition) is 3. The zero-order valence-electron chi connectivity index (χ0n) is 20.7. The summed E-state index contributed by atoms with van der Waals surface area (Å²) in [4.78, 5) is 37.8. The Bertz CT molecular complexity index is 1430. The van der Waals surface area contributed by atoms with E-state index in [1.54, 1.807) is 6.07 Å². The zero-order chi connectivity index (χ0) is 25.6. The lowest BCUT2D eigenvalue weighted by atomic mass is 9.81. The fraction of sp³-hybridized carbons (Fsp3) is 0.258. The third kappa shape index (κ3) is 5.97. The molecule has 1 aliphatic rings. The molecule has 0 bridgehead atoms. The van der Waals surface area contributed by atoms with E-state index in [4.69, 9.17) is 0 Å². The van der Waals surface area contributed by atoms with Gasteiger partial charge in [0, 0.05) is 18.0 Å². The summed E-state index contributed by atoms with van der Waals surface area (Å²) in [6.45, 7) is 0.624. The van der Waals surface area contributed by atoms with E-state index in [9.17, 15) is 14.4 Å². The van der Waals surface area contributed by atoms with Crippen LogP contribution >= 0.6 is 0 Å². The molecule has 0 atom stereocenters. The molecule has 0 aliphatic heterocycles. The molecule has 5 rings (SSSR count). The normalized spacial score (nSPS) is 17.3. The summed E-state index contributed by atoms with van der Waals surface area (Å²) in [6, 6.07) is 27.5. The van der Waals surface area contributed by atoms with Gasteiger partial charge in [0.05, 0.1) is 6.42 Å². The molecule has 1 fully saturated rings. The second-order valence-corrected chi connectivity index (χ2v) is 9.85. The van der Waals surface area contributed by atoms with Gasteiger partial charge in [0.2, 0.25) is 11.8 Å². The molecule has 0 saturated heterocycles. The average Bonchev–Trinajstić information content (AvgIpc) is 2.94. The summed E-state index contributed by atoms with van der Waals surface area (Å²) < 4.78 is 0. The van der Waals surface area contributed by atoms with Crippen LogP contribution in [0.5, 0.6) is 0 Å². The lowest BCUT2D eigenvalue weighted by Crippen LogP contribution is -2.45. The standard InChI is InChI=1S/C31H31N3O3/c35-29(19-22-14-15-23-6-1-2-8-26(23)18-22)32-20-21-12-16-25(17-13-21)30(36)33-34-31(37)28-11-5-9-24-7-3-4-10-27(24)28/h1-11,14-15,18,21,25H,12-13,16-17,19-20H2,(H,32,35)(H,33,36)(H,34,37). The van der Waals surface area contributed by atoms with Crippen molar-refractivity contribution in [3.63, 3.8) is 0 Å². The predicted molar refractivity (Wildman–Crippen MR) is 146 cm³/mol. The van der Waals surface area contributed by atoms with Crippen LogP contribution in [0.3, 0.4) is 0 Å². The first-order valence-corrected chi connectivity index (χ1v) is 12.9. The quantitative estimate of drug-likeness (QED) is 0.333. The summed E-state index contributed by atoms with van der Waals surface area (Å²) in [5.74, 6) is -0.251. The Morgan fingerprint density at radius 2 is 1.41 bits per heavy atom. The molecule has 6 nitrogen and oxygen atoms in total. The van der Waals surface area contributed by atoms with Gasteiger partial charge in [-0.05, 0) is 64.8 Å². The summed E-state index contributed by atoms with van der Waals surface area (Å²) in [5.41, 5.74) is 6.72. The van der Waals surface area contributed by atoms with Crippen molar-refractivity contribution in [3.05, 3.63) is 96.1 Å². The zero-order valence-corrected chi connectivity index (χ0v) is 20.7. The molecule has 1 aliphatic carbocycles. The van der Waals surface area contributed by atoms with E-state index in [1.807, 2.05) is 54.6 Å². The molecule has 4 aromatic rings. The number of carbonyl (C=O) groups excluding carboxylic acids is 3. The second-order valence-electron chi connectivity index (χ2n) is 9.85. The summed E-state index contributed by atoms with van der Waals surface area (Å²) in [7, 11) is 0. The minimum Gasteiger partial charge on any atom is -0.356 e. The van der Waals surface area contributed by atoms with Gasteiger partial charge in [0.1, 0.15) is 0 Å². The van der Waals surface area contributed by atoms with Crippen molar-refractivity contribution in [2.45, 2.75) is 32.1 Å². The largest absolute Gasteiger partial charge is 0.356 e.